The van der Waals surface area contributed by atoms with E-state index in [1.165, 1.54) is 0 Å². The van der Waals surface area contributed by atoms with Gasteiger partial charge in [-0.2, -0.15) is 0 Å². The standard InChI is InChI=1S/C31H31FN6O2/c1-4-18-13-24(27(32)26(14-18)40-17(2)3)28(37-20-9-10-21-19(15-20)11-12-35-29(21)33)31-36-16-25(38-31)22-7-5-6-8-23(22)30(34)39/h5-17,28,37H,4H2,1-3H3,(H2,33,35)(H2,34,39)(H,36,38). The van der Waals surface area contributed by atoms with Crippen LogP contribution in [0.5, 0.6) is 5.75 Å². The van der Waals surface area contributed by atoms with E-state index in [-0.39, 0.29) is 11.9 Å². The maximum atomic E-state index is 16.1. The number of halogens is 1. The van der Waals surface area contributed by atoms with Gasteiger partial charge < -0.3 is 26.5 Å². The summed E-state index contributed by atoms with van der Waals surface area (Å²) in [6.45, 7) is 5.72. The van der Waals surface area contributed by atoms with Gasteiger partial charge in [0.05, 0.1) is 18.0 Å². The zero-order chi connectivity index (χ0) is 28.4. The molecule has 0 aliphatic carbocycles. The van der Waals surface area contributed by atoms with Gasteiger partial charge in [-0.1, -0.05) is 31.2 Å². The molecule has 2 aromatic heterocycles. The summed E-state index contributed by atoms with van der Waals surface area (Å²) in [4.78, 5) is 24.1. The second kappa shape index (κ2) is 11.1. The third kappa shape index (κ3) is 5.31. The average Bonchev–Trinajstić information content (AvgIpc) is 3.43. The lowest BCUT2D eigenvalue weighted by Gasteiger charge is -2.22. The van der Waals surface area contributed by atoms with E-state index in [0.29, 0.717) is 40.4 Å². The zero-order valence-electron chi connectivity index (χ0n) is 22.5. The van der Waals surface area contributed by atoms with Gasteiger partial charge in [0.15, 0.2) is 11.6 Å². The number of benzene rings is 3. The maximum Gasteiger partial charge on any atom is 0.249 e. The van der Waals surface area contributed by atoms with E-state index < -0.39 is 17.8 Å². The van der Waals surface area contributed by atoms with Crippen molar-refractivity contribution in [3.05, 3.63) is 101 Å². The fourth-order valence-electron chi connectivity index (χ4n) is 4.74. The smallest absolute Gasteiger partial charge is 0.249 e. The fourth-order valence-corrected chi connectivity index (χ4v) is 4.74. The number of fused-ring (bicyclic) bond motifs is 1. The second-order valence-corrected chi connectivity index (χ2v) is 9.82. The summed E-state index contributed by atoms with van der Waals surface area (Å²) in [5.74, 6) is 0.0313. The van der Waals surface area contributed by atoms with Crippen molar-refractivity contribution in [1.82, 2.24) is 15.0 Å². The minimum atomic E-state index is -0.730. The van der Waals surface area contributed by atoms with Crippen LogP contribution in [0.2, 0.25) is 0 Å². The SMILES string of the molecule is CCc1cc(OC(C)C)c(F)c(C(Nc2ccc3c(N)nccc3c2)c2ncc(-c3ccccc3C(N)=O)[nH]2)c1. The number of carbonyl (C=O) groups is 1. The van der Waals surface area contributed by atoms with Gasteiger partial charge >= 0.3 is 0 Å². The number of amides is 1. The number of anilines is 2. The first kappa shape index (κ1) is 26.7. The molecular weight excluding hydrogens is 507 g/mol. The van der Waals surface area contributed by atoms with Crippen molar-refractivity contribution in [3.63, 3.8) is 0 Å². The van der Waals surface area contributed by atoms with Gasteiger partial charge in [-0.3, -0.25) is 4.79 Å². The number of pyridine rings is 1. The first-order chi connectivity index (χ1) is 19.2. The minimum absolute atomic E-state index is 0.180. The van der Waals surface area contributed by atoms with E-state index in [2.05, 4.69) is 20.3 Å². The molecule has 9 heteroatoms. The molecule has 8 nitrogen and oxygen atoms in total. The number of H-pyrrole nitrogens is 1. The molecule has 40 heavy (non-hydrogen) atoms. The maximum absolute atomic E-state index is 16.1. The molecule has 204 valence electrons. The van der Waals surface area contributed by atoms with Crippen molar-refractivity contribution in [1.29, 1.82) is 0 Å². The second-order valence-electron chi connectivity index (χ2n) is 9.82. The van der Waals surface area contributed by atoms with Crippen LogP contribution in [0.15, 0.2) is 73.1 Å². The molecule has 5 aromatic rings. The lowest BCUT2D eigenvalue weighted by atomic mass is 9.99. The van der Waals surface area contributed by atoms with Gasteiger partial charge in [-0.05, 0) is 67.6 Å². The van der Waals surface area contributed by atoms with Gasteiger partial charge in [0.1, 0.15) is 17.7 Å². The Morgan fingerprint density at radius 3 is 2.65 bits per heavy atom. The van der Waals surface area contributed by atoms with Crippen LogP contribution in [-0.2, 0) is 6.42 Å². The molecule has 2 heterocycles. The van der Waals surface area contributed by atoms with Crippen molar-refractivity contribution < 1.29 is 13.9 Å². The van der Waals surface area contributed by atoms with Gasteiger partial charge in [0.25, 0.3) is 0 Å². The Bertz CT molecular complexity index is 1700. The van der Waals surface area contributed by atoms with Crippen LogP contribution < -0.4 is 21.5 Å². The van der Waals surface area contributed by atoms with Crippen LogP contribution in [0.1, 0.15) is 54.1 Å². The van der Waals surface area contributed by atoms with E-state index in [1.807, 2.05) is 57.2 Å². The Hall–Kier alpha value is -4.92. The topological polar surface area (TPSA) is 132 Å². The Balaban J connectivity index is 1.65. The first-order valence-electron chi connectivity index (χ1n) is 13.1. The molecule has 0 radical (unpaired) electrons. The lowest BCUT2D eigenvalue weighted by molar-refractivity contribution is 0.100. The summed E-state index contributed by atoms with van der Waals surface area (Å²) in [7, 11) is 0. The van der Waals surface area contributed by atoms with Crippen LogP contribution in [0.3, 0.4) is 0 Å². The van der Waals surface area contributed by atoms with E-state index in [1.54, 1.807) is 36.7 Å². The number of ether oxygens (including phenoxy) is 1. The normalized spacial score (nSPS) is 12.0. The summed E-state index contributed by atoms with van der Waals surface area (Å²) < 4.78 is 21.9. The Kier molecular flexibility index (Phi) is 7.37. The number of primary amides is 1. The highest BCUT2D eigenvalue weighted by Gasteiger charge is 2.26. The number of aromatic amines is 1. The number of carbonyl (C=O) groups excluding carboxylic acids is 1. The molecule has 0 spiro atoms. The third-order valence-corrected chi connectivity index (χ3v) is 6.67. The molecule has 0 saturated heterocycles. The van der Waals surface area contributed by atoms with Gasteiger partial charge in [0, 0.05) is 34.0 Å². The highest BCUT2D eigenvalue weighted by Crippen LogP contribution is 2.35. The van der Waals surface area contributed by atoms with E-state index in [0.717, 1.165) is 22.0 Å². The molecule has 3 aromatic carbocycles. The average molecular weight is 539 g/mol. The molecule has 0 aliphatic heterocycles. The molecule has 0 aliphatic rings. The van der Waals surface area contributed by atoms with Crippen LogP contribution in [0.25, 0.3) is 22.0 Å². The van der Waals surface area contributed by atoms with Crippen LogP contribution in [0, 0.1) is 5.82 Å². The Morgan fingerprint density at radius 1 is 1.10 bits per heavy atom. The highest BCUT2D eigenvalue weighted by atomic mass is 19.1. The Labute approximate surface area is 231 Å². The van der Waals surface area contributed by atoms with Crippen molar-refractivity contribution in [2.75, 3.05) is 11.1 Å². The molecule has 5 rings (SSSR count). The number of nitrogen functional groups attached to an aromatic ring is 1. The molecule has 1 unspecified atom stereocenters. The van der Waals surface area contributed by atoms with Crippen molar-refractivity contribution in [2.24, 2.45) is 5.73 Å². The van der Waals surface area contributed by atoms with Crippen molar-refractivity contribution in [2.45, 2.75) is 39.3 Å². The quantitative estimate of drug-likeness (QED) is 0.182. The number of imidazole rings is 1. The summed E-state index contributed by atoms with van der Waals surface area (Å²) in [6, 6.07) is 17.4. The molecule has 0 fully saturated rings. The fraction of sp³-hybridized carbons (Fsp3) is 0.194. The van der Waals surface area contributed by atoms with Gasteiger partial charge in [-0.15, -0.1) is 0 Å². The molecular formula is C31H31FN6O2. The molecule has 0 bridgehead atoms. The summed E-state index contributed by atoms with van der Waals surface area (Å²) in [6.07, 6.45) is 3.74. The summed E-state index contributed by atoms with van der Waals surface area (Å²) >= 11 is 0. The molecule has 1 atom stereocenters. The molecule has 1 amide bonds. The number of nitrogens with zero attached hydrogens (tertiary/aromatic N) is 2. The Morgan fingerprint density at radius 2 is 1.90 bits per heavy atom. The number of hydrogen-bond acceptors (Lipinski definition) is 6. The number of aromatic nitrogens is 3. The number of aryl methyl sites for hydroxylation is 1. The van der Waals surface area contributed by atoms with Crippen molar-refractivity contribution in [3.8, 4) is 17.0 Å². The number of nitrogens with one attached hydrogen (secondary N) is 2. The van der Waals surface area contributed by atoms with Gasteiger partial charge in [-0.25, -0.2) is 14.4 Å². The molecule has 0 saturated carbocycles. The predicted octanol–water partition coefficient (Wildman–Crippen LogP) is 6.00. The van der Waals surface area contributed by atoms with Gasteiger partial charge in [0.2, 0.25) is 5.91 Å². The zero-order valence-corrected chi connectivity index (χ0v) is 22.5. The third-order valence-electron chi connectivity index (χ3n) is 6.67. The van der Waals surface area contributed by atoms with Crippen LogP contribution in [0.4, 0.5) is 15.9 Å². The molecule has 6 N–H and O–H groups in total. The number of nitrogens with two attached hydrogens (primary N) is 2. The van der Waals surface area contributed by atoms with E-state index >= 15 is 4.39 Å². The van der Waals surface area contributed by atoms with Crippen LogP contribution >= 0.6 is 0 Å². The summed E-state index contributed by atoms with van der Waals surface area (Å²) in [5, 5.41) is 5.16. The summed E-state index contributed by atoms with van der Waals surface area (Å²) in [5.41, 5.74) is 15.2. The van der Waals surface area contributed by atoms with E-state index in [9.17, 15) is 4.79 Å². The number of hydrogen-bond donors (Lipinski definition) is 4. The lowest BCUT2D eigenvalue weighted by Crippen LogP contribution is -2.18. The first-order valence-corrected chi connectivity index (χ1v) is 13.1. The highest BCUT2D eigenvalue weighted by molar-refractivity contribution is 5.99. The monoisotopic (exact) mass is 538 g/mol. The minimum Gasteiger partial charge on any atom is -0.488 e. The van der Waals surface area contributed by atoms with E-state index in [4.69, 9.17) is 16.2 Å². The predicted molar refractivity (Wildman–Crippen MR) is 156 cm³/mol. The number of rotatable bonds is 9. The van der Waals surface area contributed by atoms with Crippen LogP contribution in [-0.4, -0.2) is 27.0 Å². The largest absolute Gasteiger partial charge is 0.488 e. The van der Waals surface area contributed by atoms with Crippen molar-refractivity contribution >= 4 is 28.2 Å².